The van der Waals surface area contributed by atoms with Crippen molar-refractivity contribution in [2.75, 3.05) is 0 Å². The van der Waals surface area contributed by atoms with E-state index in [9.17, 15) is 0 Å². The van der Waals surface area contributed by atoms with Gasteiger partial charge < -0.3 is 0 Å². The summed E-state index contributed by atoms with van der Waals surface area (Å²) < 4.78 is 0. The molecule has 0 spiro atoms. The molecule has 0 nitrogen and oxygen atoms in total. The zero-order valence-electron chi connectivity index (χ0n) is 8.97. The van der Waals surface area contributed by atoms with Crippen LogP contribution in [0.5, 0.6) is 0 Å². The Balaban J connectivity index is 2.41. The minimum Gasteiger partial charge on any atom is -0.0651 e. The predicted molar refractivity (Wildman–Crippen MR) is 55.2 cm³/mol. The first-order chi connectivity index (χ1) is 5.81. The van der Waals surface area contributed by atoms with Crippen LogP contribution in [0.2, 0.25) is 0 Å². The third-order valence-corrected chi connectivity index (χ3v) is 3.87. The Kier molecular flexibility index (Phi) is 4.11. The summed E-state index contributed by atoms with van der Waals surface area (Å²) in [6.07, 6.45) is 8.77. The Morgan fingerprint density at radius 3 is 2.00 bits per heavy atom. The second-order valence-corrected chi connectivity index (χ2v) is 4.42. The molecule has 0 heteroatoms. The van der Waals surface area contributed by atoms with Crippen LogP contribution in [0.1, 0.15) is 59.3 Å². The van der Waals surface area contributed by atoms with Crippen molar-refractivity contribution >= 4 is 0 Å². The zero-order valence-corrected chi connectivity index (χ0v) is 8.97. The fourth-order valence-electron chi connectivity index (χ4n) is 2.83. The molecule has 1 aliphatic carbocycles. The lowest BCUT2D eigenvalue weighted by Crippen LogP contribution is -2.23. The summed E-state index contributed by atoms with van der Waals surface area (Å²) in [4.78, 5) is 0. The van der Waals surface area contributed by atoms with Gasteiger partial charge in [0.2, 0.25) is 0 Å². The maximum atomic E-state index is 2.37. The highest BCUT2D eigenvalue weighted by Crippen LogP contribution is 2.38. The molecule has 0 aromatic carbocycles. The van der Waals surface area contributed by atoms with Crippen molar-refractivity contribution in [3.05, 3.63) is 0 Å². The van der Waals surface area contributed by atoms with Crippen LogP contribution < -0.4 is 0 Å². The van der Waals surface area contributed by atoms with Crippen LogP contribution in [-0.4, -0.2) is 0 Å². The van der Waals surface area contributed by atoms with Crippen molar-refractivity contribution < 1.29 is 0 Å². The Labute approximate surface area is 77.7 Å². The van der Waals surface area contributed by atoms with Crippen LogP contribution in [0.15, 0.2) is 0 Å². The van der Waals surface area contributed by atoms with Gasteiger partial charge in [-0.25, -0.2) is 0 Å². The second kappa shape index (κ2) is 4.89. The van der Waals surface area contributed by atoms with Crippen LogP contribution >= 0.6 is 0 Å². The summed E-state index contributed by atoms with van der Waals surface area (Å²) in [5, 5.41) is 0. The number of rotatable bonds is 3. The molecule has 0 N–H and O–H groups in total. The summed E-state index contributed by atoms with van der Waals surface area (Å²) in [6, 6.07) is 0. The molecule has 0 amide bonds. The van der Waals surface area contributed by atoms with Gasteiger partial charge >= 0.3 is 0 Å². The molecule has 0 unspecified atom stereocenters. The minimum absolute atomic E-state index is 1.05. The van der Waals surface area contributed by atoms with E-state index in [2.05, 4.69) is 20.8 Å². The normalized spacial score (nSPS) is 36.8. The molecule has 12 heavy (non-hydrogen) atoms. The Bertz CT molecular complexity index is 117. The lowest BCUT2D eigenvalue weighted by atomic mass is 9.71. The SMILES string of the molecule is CC[C@@H]1CC[C@H](CC)[C@H](CC)C1. The maximum absolute atomic E-state index is 2.37. The summed E-state index contributed by atoms with van der Waals surface area (Å²) in [5.74, 6) is 3.16. The molecule has 1 rings (SSSR count). The molecule has 0 heterocycles. The molecule has 0 bridgehead atoms. The fraction of sp³-hybridized carbons (Fsp3) is 1.00. The van der Waals surface area contributed by atoms with Gasteiger partial charge in [0.15, 0.2) is 0 Å². The molecule has 1 aliphatic rings. The smallest absolute Gasteiger partial charge is 0.0386 e. The molecule has 1 fully saturated rings. The van der Waals surface area contributed by atoms with Crippen LogP contribution in [-0.2, 0) is 0 Å². The standard InChI is InChI=1S/C12H24/c1-4-10-7-8-11(5-2)12(6-3)9-10/h10-12H,4-9H2,1-3H3/t10-,11+,12-/m1/s1. The molecule has 0 aromatic rings. The van der Waals surface area contributed by atoms with Crippen LogP contribution in [0.3, 0.4) is 0 Å². The van der Waals surface area contributed by atoms with Crippen molar-refractivity contribution in [2.24, 2.45) is 17.8 Å². The van der Waals surface area contributed by atoms with Crippen molar-refractivity contribution in [3.8, 4) is 0 Å². The topological polar surface area (TPSA) is 0 Å². The Morgan fingerprint density at radius 2 is 1.50 bits per heavy atom. The highest BCUT2D eigenvalue weighted by Gasteiger charge is 2.26. The highest BCUT2D eigenvalue weighted by atomic mass is 14.3. The van der Waals surface area contributed by atoms with Crippen molar-refractivity contribution in [1.29, 1.82) is 0 Å². The molecule has 0 aliphatic heterocycles. The molecule has 72 valence electrons. The second-order valence-electron chi connectivity index (χ2n) is 4.42. The van der Waals surface area contributed by atoms with Crippen molar-refractivity contribution in [3.63, 3.8) is 0 Å². The lowest BCUT2D eigenvalue weighted by molar-refractivity contribution is 0.167. The van der Waals surface area contributed by atoms with Crippen molar-refractivity contribution in [2.45, 2.75) is 59.3 Å². The molecule has 0 radical (unpaired) electrons. The Morgan fingerprint density at radius 1 is 0.833 bits per heavy atom. The first-order valence-electron chi connectivity index (χ1n) is 5.81. The summed E-state index contributed by atoms with van der Waals surface area (Å²) in [7, 11) is 0. The number of hydrogen-bond acceptors (Lipinski definition) is 0. The summed E-state index contributed by atoms with van der Waals surface area (Å²) in [6.45, 7) is 7.08. The van der Waals surface area contributed by atoms with E-state index in [1.807, 2.05) is 0 Å². The van der Waals surface area contributed by atoms with Crippen LogP contribution in [0.25, 0.3) is 0 Å². The zero-order chi connectivity index (χ0) is 8.97. The lowest BCUT2D eigenvalue weighted by Gasteiger charge is -2.35. The van der Waals surface area contributed by atoms with Gasteiger partial charge in [-0.3, -0.25) is 0 Å². The molecule has 0 saturated heterocycles. The van der Waals surface area contributed by atoms with E-state index in [0.29, 0.717) is 0 Å². The van der Waals surface area contributed by atoms with E-state index in [1.54, 1.807) is 0 Å². The van der Waals surface area contributed by atoms with Crippen LogP contribution in [0, 0.1) is 17.8 Å². The van der Waals surface area contributed by atoms with Crippen molar-refractivity contribution in [1.82, 2.24) is 0 Å². The third-order valence-electron chi connectivity index (χ3n) is 3.87. The summed E-state index contributed by atoms with van der Waals surface area (Å²) >= 11 is 0. The first kappa shape index (κ1) is 10.1. The largest absolute Gasteiger partial charge is 0.0651 e. The highest BCUT2D eigenvalue weighted by molar-refractivity contribution is 4.78. The number of hydrogen-bond donors (Lipinski definition) is 0. The monoisotopic (exact) mass is 168 g/mol. The first-order valence-corrected chi connectivity index (χ1v) is 5.81. The van der Waals surface area contributed by atoms with Gasteiger partial charge in [-0.15, -0.1) is 0 Å². The van der Waals surface area contributed by atoms with E-state index >= 15 is 0 Å². The van der Waals surface area contributed by atoms with Gasteiger partial charge in [-0.1, -0.05) is 46.5 Å². The third kappa shape index (κ3) is 2.24. The summed E-state index contributed by atoms with van der Waals surface area (Å²) in [5.41, 5.74) is 0. The van der Waals surface area contributed by atoms with E-state index < -0.39 is 0 Å². The molecular weight excluding hydrogens is 144 g/mol. The quantitative estimate of drug-likeness (QED) is 0.591. The Hall–Kier alpha value is 0. The van der Waals surface area contributed by atoms with Gasteiger partial charge in [-0.05, 0) is 30.6 Å². The fourth-order valence-corrected chi connectivity index (χ4v) is 2.83. The van der Waals surface area contributed by atoms with E-state index in [0.717, 1.165) is 17.8 Å². The molecule has 1 saturated carbocycles. The van der Waals surface area contributed by atoms with Crippen LogP contribution in [0.4, 0.5) is 0 Å². The van der Waals surface area contributed by atoms with Gasteiger partial charge in [0, 0.05) is 0 Å². The maximum Gasteiger partial charge on any atom is -0.0386 e. The average Bonchev–Trinajstić information content (AvgIpc) is 2.16. The van der Waals surface area contributed by atoms with E-state index in [-0.39, 0.29) is 0 Å². The molecule has 3 atom stereocenters. The van der Waals surface area contributed by atoms with Gasteiger partial charge in [0.05, 0.1) is 0 Å². The molecular formula is C12H24. The van der Waals surface area contributed by atoms with Gasteiger partial charge in [0.1, 0.15) is 0 Å². The predicted octanol–water partition coefficient (Wildman–Crippen LogP) is 4.25. The van der Waals surface area contributed by atoms with E-state index in [1.165, 1.54) is 38.5 Å². The minimum atomic E-state index is 1.05. The van der Waals surface area contributed by atoms with Gasteiger partial charge in [0.25, 0.3) is 0 Å². The molecule has 0 aromatic heterocycles. The van der Waals surface area contributed by atoms with Gasteiger partial charge in [-0.2, -0.15) is 0 Å². The van der Waals surface area contributed by atoms with E-state index in [4.69, 9.17) is 0 Å². The average molecular weight is 168 g/mol.